The molecule has 0 aromatic heterocycles. The number of benzene rings is 2. The van der Waals surface area contributed by atoms with Crippen LogP contribution in [0.25, 0.3) is 0 Å². The SMILES string of the molecule is CCCC[C@@]1(CC)C[C@H](c2ccccc2)c2cc(OC)c(CNC(CC(=O)O)CC(=O)O)cc2S(=O)(=O)C1. The number of fused-ring (bicyclic) bond motifs is 1. The molecule has 0 aliphatic carbocycles. The zero-order chi connectivity index (χ0) is 27.9. The summed E-state index contributed by atoms with van der Waals surface area (Å²) in [6.07, 6.45) is 3.49. The number of nitrogens with one attached hydrogen (secondary N) is 1. The number of ether oxygens (including phenoxy) is 1. The van der Waals surface area contributed by atoms with Crippen LogP contribution >= 0.6 is 0 Å². The van der Waals surface area contributed by atoms with Crippen molar-refractivity contribution < 1.29 is 33.0 Å². The van der Waals surface area contributed by atoms with Gasteiger partial charge in [-0.25, -0.2) is 8.42 Å². The van der Waals surface area contributed by atoms with E-state index >= 15 is 0 Å². The van der Waals surface area contributed by atoms with Crippen LogP contribution in [0.15, 0.2) is 47.4 Å². The highest BCUT2D eigenvalue weighted by atomic mass is 32.2. The number of carbonyl (C=O) groups is 2. The third kappa shape index (κ3) is 7.14. The fourth-order valence-electron chi connectivity index (χ4n) is 5.59. The third-order valence-corrected chi connectivity index (χ3v) is 9.71. The van der Waals surface area contributed by atoms with Gasteiger partial charge in [-0.15, -0.1) is 0 Å². The minimum absolute atomic E-state index is 0.0622. The van der Waals surface area contributed by atoms with Crippen molar-refractivity contribution in [3.8, 4) is 5.75 Å². The number of methoxy groups -OCH3 is 1. The Labute approximate surface area is 225 Å². The molecule has 0 unspecified atom stereocenters. The summed E-state index contributed by atoms with van der Waals surface area (Å²) in [6.45, 7) is 4.26. The van der Waals surface area contributed by atoms with Crippen LogP contribution in [0.4, 0.5) is 0 Å². The van der Waals surface area contributed by atoms with E-state index in [1.807, 2.05) is 30.3 Å². The molecule has 208 valence electrons. The van der Waals surface area contributed by atoms with Crippen LogP contribution in [-0.2, 0) is 26.0 Å². The van der Waals surface area contributed by atoms with Crippen molar-refractivity contribution in [2.45, 2.75) is 82.2 Å². The summed E-state index contributed by atoms with van der Waals surface area (Å²) in [6, 6.07) is 12.6. The molecule has 0 radical (unpaired) electrons. The summed E-state index contributed by atoms with van der Waals surface area (Å²) in [5.74, 6) is -1.83. The normalized spacial score (nSPS) is 20.5. The van der Waals surface area contributed by atoms with E-state index in [1.165, 1.54) is 7.11 Å². The summed E-state index contributed by atoms with van der Waals surface area (Å²) in [5, 5.41) is 21.4. The molecular weight excluding hydrogens is 506 g/mol. The molecule has 1 heterocycles. The van der Waals surface area contributed by atoms with Gasteiger partial charge in [-0.3, -0.25) is 9.59 Å². The maximum absolute atomic E-state index is 14.0. The summed E-state index contributed by atoms with van der Waals surface area (Å²) < 4.78 is 33.6. The van der Waals surface area contributed by atoms with Gasteiger partial charge in [-0.2, -0.15) is 0 Å². The van der Waals surface area contributed by atoms with Crippen molar-refractivity contribution >= 4 is 21.8 Å². The summed E-state index contributed by atoms with van der Waals surface area (Å²) in [7, 11) is -2.15. The number of sulfone groups is 1. The Morgan fingerprint density at radius 2 is 1.76 bits per heavy atom. The molecular formula is C29H39NO7S. The first kappa shape index (κ1) is 29.6. The number of carboxylic acids is 2. The molecule has 1 aliphatic heterocycles. The highest BCUT2D eigenvalue weighted by Gasteiger charge is 2.42. The maximum Gasteiger partial charge on any atom is 0.304 e. The van der Waals surface area contributed by atoms with Gasteiger partial charge in [-0.05, 0) is 47.9 Å². The predicted molar refractivity (Wildman–Crippen MR) is 145 cm³/mol. The first-order chi connectivity index (χ1) is 18.0. The molecule has 2 aromatic rings. The van der Waals surface area contributed by atoms with Gasteiger partial charge in [0.1, 0.15) is 5.75 Å². The van der Waals surface area contributed by atoms with Crippen molar-refractivity contribution in [3.63, 3.8) is 0 Å². The lowest BCUT2D eigenvalue weighted by molar-refractivity contribution is -0.139. The number of rotatable bonds is 13. The zero-order valence-corrected chi connectivity index (χ0v) is 23.2. The molecule has 3 rings (SSSR count). The lowest BCUT2D eigenvalue weighted by Gasteiger charge is -2.34. The van der Waals surface area contributed by atoms with Crippen LogP contribution in [0.1, 0.15) is 81.4 Å². The van der Waals surface area contributed by atoms with Crippen molar-refractivity contribution in [2.24, 2.45) is 5.41 Å². The molecule has 1 aliphatic rings. The highest BCUT2D eigenvalue weighted by molar-refractivity contribution is 7.91. The summed E-state index contributed by atoms with van der Waals surface area (Å²) in [5.41, 5.74) is 1.93. The zero-order valence-electron chi connectivity index (χ0n) is 22.4. The molecule has 0 saturated carbocycles. The van der Waals surface area contributed by atoms with E-state index < -0.39 is 27.8 Å². The second-order valence-corrected chi connectivity index (χ2v) is 12.3. The topological polar surface area (TPSA) is 130 Å². The minimum Gasteiger partial charge on any atom is -0.496 e. The van der Waals surface area contributed by atoms with Gasteiger partial charge in [0.15, 0.2) is 9.84 Å². The molecule has 2 atom stereocenters. The van der Waals surface area contributed by atoms with Gasteiger partial charge >= 0.3 is 11.9 Å². The van der Waals surface area contributed by atoms with Crippen LogP contribution in [0, 0.1) is 5.41 Å². The molecule has 0 spiro atoms. The monoisotopic (exact) mass is 545 g/mol. The van der Waals surface area contributed by atoms with Gasteiger partial charge in [-0.1, -0.05) is 57.0 Å². The Bertz CT molecular complexity index is 1210. The van der Waals surface area contributed by atoms with E-state index in [0.717, 1.165) is 31.2 Å². The molecule has 38 heavy (non-hydrogen) atoms. The Balaban J connectivity index is 2.12. The fourth-order valence-corrected chi connectivity index (χ4v) is 7.90. The Hall–Kier alpha value is -2.91. The Kier molecular flexibility index (Phi) is 9.95. The van der Waals surface area contributed by atoms with Gasteiger partial charge < -0.3 is 20.3 Å². The van der Waals surface area contributed by atoms with E-state index in [1.54, 1.807) is 12.1 Å². The van der Waals surface area contributed by atoms with Gasteiger partial charge in [0, 0.05) is 24.1 Å². The average Bonchev–Trinajstić information content (AvgIpc) is 2.97. The smallest absolute Gasteiger partial charge is 0.304 e. The lowest BCUT2D eigenvalue weighted by Crippen LogP contribution is -2.33. The molecule has 3 N–H and O–H groups in total. The quantitative estimate of drug-likeness (QED) is 0.321. The number of carboxylic acid groups (broad SMARTS) is 2. The third-order valence-electron chi connectivity index (χ3n) is 7.69. The lowest BCUT2D eigenvalue weighted by atomic mass is 9.71. The Morgan fingerprint density at radius 3 is 2.32 bits per heavy atom. The van der Waals surface area contributed by atoms with Crippen molar-refractivity contribution in [2.75, 3.05) is 12.9 Å². The second kappa shape index (κ2) is 12.8. The van der Waals surface area contributed by atoms with E-state index in [2.05, 4.69) is 19.2 Å². The van der Waals surface area contributed by atoms with E-state index in [9.17, 15) is 28.2 Å². The molecule has 0 bridgehead atoms. The Morgan fingerprint density at radius 1 is 1.11 bits per heavy atom. The molecule has 2 aromatic carbocycles. The number of hydrogen-bond acceptors (Lipinski definition) is 6. The standard InChI is InChI=1S/C29H39NO7S/c1-4-6-12-29(5-2)17-24(20-10-8-7-9-11-20)23-16-25(37-3)21(13-26(23)38(35,36)19-29)18-30-22(14-27(31)32)15-28(33)34/h7-11,13,16,22,24,30H,4-6,12,14-15,17-19H2,1-3H3,(H,31,32)(H,33,34)/t24-,29+/m1/s1. The van der Waals surface area contributed by atoms with Gasteiger partial charge in [0.25, 0.3) is 0 Å². The summed E-state index contributed by atoms with van der Waals surface area (Å²) in [4.78, 5) is 22.7. The predicted octanol–water partition coefficient (Wildman–Crippen LogP) is 5.00. The minimum atomic E-state index is -3.67. The maximum atomic E-state index is 14.0. The van der Waals surface area contributed by atoms with Gasteiger partial charge in [0.05, 0.1) is 30.6 Å². The van der Waals surface area contributed by atoms with Crippen LogP contribution in [0.5, 0.6) is 5.75 Å². The van der Waals surface area contributed by atoms with Crippen molar-refractivity contribution in [1.29, 1.82) is 0 Å². The first-order valence-electron chi connectivity index (χ1n) is 13.2. The number of hydrogen-bond donors (Lipinski definition) is 3. The van der Waals surface area contributed by atoms with Crippen LogP contribution < -0.4 is 10.1 Å². The fraction of sp³-hybridized carbons (Fsp3) is 0.517. The van der Waals surface area contributed by atoms with E-state index in [-0.39, 0.29) is 41.4 Å². The van der Waals surface area contributed by atoms with Crippen molar-refractivity contribution in [3.05, 3.63) is 59.2 Å². The molecule has 0 amide bonds. The highest BCUT2D eigenvalue weighted by Crippen LogP contribution is 2.49. The number of aliphatic carboxylic acids is 2. The van der Waals surface area contributed by atoms with Crippen molar-refractivity contribution in [1.82, 2.24) is 5.32 Å². The van der Waals surface area contributed by atoms with Crippen LogP contribution in [-0.4, -0.2) is 49.5 Å². The van der Waals surface area contributed by atoms with Crippen LogP contribution in [0.3, 0.4) is 0 Å². The molecule has 0 fully saturated rings. The molecule has 0 saturated heterocycles. The van der Waals surface area contributed by atoms with E-state index in [4.69, 9.17) is 4.74 Å². The van der Waals surface area contributed by atoms with Gasteiger partial charge in [0.2, 0.25) is 0 Å². The molecule has 9 heteroatoms. The largest absolute Gasteiger partial charge is 0.496 e. The first-order valence-corrected chi connectivity index (χ1v) is 14.8. The van der Waals surface area contributed by atoms with E-state index in [0.29, 0.717) is 23.3 Å². The van der Waals surface area contributed by atoms with Crippen LogP contribution in [0.2, 0.25) is 0 Å². The number of unbranched alkanes of at least 4 members (excludes halogenated alkanes) is 1. The molecule has 8 nitrogen and oxygen atoms in total. The summed E-state index contributed by atoms with van der Waals surface area (Å²) >= 11 is 0. The second-order valence-electron chi connectivity index (χ2n) is 10.4. The average molecular weight is 546 g/mol.